The van der Waals surface area contributed by atoms with E-state index in [4.69, 9.17) is 9.15 Å². The molecule has 0 saturated heterocycles. The molecule has 0 aliphatic carbocycles. The number of esters is 1. The maximum Gasteiger partial charge on any atom is 0.343 e. The number of hydrogen-bond donors (Lipinski definition) is 1. The number of anilines is 1. The Bertz CT molecular complexity index is 1490. The summed E-state index contributed by atoms with van der Waals surface area (Å²) in [5.41, 5.74) is 2.35. The van der Waals surface area contributed by atoms with Gasteiger partial charge in [0, 0.05) is 21.9 Å². The Kier molecular flexibility index (Phi) is 7.30. The van der Waals surface area contributed by atoms with Crippen LogP contribution in [0.1, 0.15) is 24.0 Å². The normalized spacial score (nSPS) is 15.2. The predicted molar refractivity (Wildman–Crippen MR) is 138 cm³/mol. The van der Waals surface area contributed by atoms with Crippen LogP contribution in [0.25, 0.3) is 6.08 Å². The summed E-state index contributed by atoms with van der Waals surface area (Å²) in [4.78, 5) is 27.3. The molecule has 3 aromatic rings. The smallest absolute Gasteiger partial charge is 0.343 e. The van der Waals surface area contributed by atoms with Gasteiger partial charge in [0.15, 0.2) is 0 Å². The topological polar surface area (TPSA) is 106 Å². The van der Waals surface area contributed by atoms with E-state index in [1.54, 1.807) is 36.1 Å². The van der Waals surface area contributed by atoms with E-state index in [0.29, 0.717) is 22.9 Å². The van der Waals surface area contributed by atoms with Crippen molar-refractivity contribution < 1.29 is 27.2 Å². The van der Waals surface area contributed by atoms with Crippen molar-refractivity contribution in [2.24, 2.45) is 0 Å². The number of hydrogen-bond acceptors (Lipinski definition) is 7. The fraction of sp³-hybridized carbons (Fsp3) is 0.154. The van der Waals surface area contributed by atoms with Gasteiger partial charge in [-0.2, -0.15) is 0 Å². The van der Waals surface area contributed by atoms with Crippen LogP contribution in [0.3, 0.4) is 0 Å². The maximum atomic E-state index is 13.2. The molecule has 0 fully saturated rings. The molecular weight excluding hydrogens is 548 g/mol. The second-order valence-electron chi connectivity index (χ2n) is 8.06. The van der Waals surface area contributed by atoms with Crippen LogP contribution in [0.4, 0.5) is 5.69 Å². The van der Waals surface area contributed by atoms with Gasteiger partial charge in [-0.05, 0) is 62.4 Å². The number of methoxy groups -OCH3 is 1. The fourth-order valence-corrected chi connectivity index (χ4v) is 5.01. The lowest BCUT2D eigenvalue weighted by atomic mass is 10.1. The molecule has 10 heteroatoms. The Hall–Kier alpha value is -3.47. The van der Waals surface area contributed by atoms with Gasteiger partial charge in [-0.15, -0.1) is 0 Å². The molecule has 4 rings (SSSR count). The van der Waals surface area contributed by atoms with E-state index in [-0.39, 0.29) is 22.7 Å². The highest BCUT2D eigenvalue weighted by Crippen LogP contribution is 2.36. The van der Waals surface area contributed by atoms with Crippen molar-refractivity contribution in [1.82, 2.24) is 4.72 Å². The SMILES string of the molecule is COC(=O)C1=C(C)N(c2ccc(C)cc2)/C(=C/c2ccc(CNS(=O)(=O)c3ccc(Br)cc3)o2)C1=O. The summed E-state index contributed by atoms with van der Waals surface area (Å²) in [5.74, 6) is -0.533. The standard InChI is InChI=1S/C26H23BrN2O6S/c1-16-4-8-19(9-5-16)29-17(2)24(26(31)34-3)25(30)23(29)14-20-10-11-21(35-20)15-28-36(32,33)22-12-6-18(27)7-13-22/h4-14,28H,15H2,1-3H3/b23-14+. The largest absolute Gasteiger partial charge is 0.465 e. The summed E-state index contributed by atoms with van der Waals surface area (Å²) < 4.78 is 39.0. The molecule has 1 aliphatic rings. The molecule has 0 radical (unpaired) electrons. The summed E-state index contributed by atoms with van der Waals surface area (Å²) in [6.07, 6.45) is 1.52. The van der Waals surface area contributed by atoms with Gasteiger partial charge in [0.25, 0.3) is 0 Å². The fourth-order valence-electron chi connectivity index (χ4n) is 3.75. The minimum atomic E-state index is -3.74. The van der Waals surface area contributed by atoms with Crippen molar-refractivity contribution in [2.45, 2.75) is 25.3 Å². The molecule has 0 saturated carbocycles. The van der Waals surface area contributed by atoms with Crippen molar-refractivity contribution in [1.29, 1.82) is 0 Å². The maximum absolute atomic E-state index is 13.2. The molecule has 0 amide bonds. The van der Waals surface area contributed by atoms with Crippen molar-refractivity contribution in [2.75, 3.05) is 12.0 Å². The zero-order chi connectivity index (χ0) is 26.0. The number of allylic oxidation sites excluding steroid dienone is 2. The Morgan fingerprint density at radius 2 is 1.72 bits per heavy atom. The van der Waals surface area contributed by atoms with Crippen LogP contribution < -0.4 is 9.62 Å². The summed E-state index contributed by atoms with van der Waals surface area (Å²) in [7, 11) is -2.52. The van der Waals surface area contributed by atoms with Crippen molar-refractivity contribution >= 4 is 49.5 Å². The first kappa shape index (κ1) is 25.6. The van der Waals surface area contributed by atoms with Crippen LogP contribution in [0.2, 0.25) is 0 Å². The van der Waals surface area contributed by atoms with Gasteiger partial charge >= 0.3 is 5.97 Å². The quantitative estimate of drug-likeness (QED) is 0.249. The molecule has 8 nitrogen and oxygen atoms in total. The third kappa shape index (κ3) is 5.20. The first-order chi connectivity index (χ1) is 17.1. The van der Waals surface area contributed by atoms with Gasteiger partial charge in [-0.1, -0.05) is 33.6 Å². The molecule has 0 atom stereocenters. The average Bonchev–Trinajstić information content (AvgIpc) is 3.40. The number of benzene rings is 2. The second-order valence-corrected chi connectivity index (χ2v) is 10.7. The molecule has 2 heterocycles. The number of aryl methyl sites for hydroxylation is 1. The van der Waals surface area contributed by atoms with Gasteiger partial charge in [0.05, 0.1) is 24.2 Å². The van der Waals surface area contributed by atoms with Crippen LogP contribution in [0.15, 0.2) is 91.4 Å². The van der Waals surface area contributed by atoms with Gasteiger partial charge in [0.1, 0.15) is 17.1 Å². The number of rotatable bonds is 7. The predicted octanol–water partition coefficient (Wildman–Crippen LogP) is 4.71. The minimum Gasteiger partial charge on any atom is -0.465 e. The zero-order valence-corrected chi connectivity index (χ0v) is 22.1. The molecular formula is C26H23BrN2O6S. The van der Waals surface area contributed by atoms with Crippen molar-refractivity contribution in [3.8, 4) is 0 Å². The van der Waals surface area contributed by atoms with Crippen LogP contribution >= 0.6 is 15.9 Å². The molecule has 1 aliphatic heterocycles. The lowest BCUT2D eigenvalue weighted by Crippen LogP contribution is -2.22. The van der Waals surface area contributed by atoms with E-state index in [9.17, 15) is 18.0 Å². The van der Waals surface area contributed by atoms with Crippen molar-refractivity contribution in [3.63, 3.8) is 0 Å². The van der Waals surface area contributed by atoms with E-state index in [1.165, 1.54) is 25.3 Å². The van der Waals surface area contributed by atoms with E-state index in [0.717, 1.165) is 10.0 Å². The number of carbonyl (C=O) groups excluding carboxylic acids is 2. The molecule has 2 aromatic carbocycles. The number of nitrogens with zero attached hydrogens (tertiary/aromatic N) is 1. The van der Waals surface area contributed by atoms with Crippen LogP contribution in [-0.2, 0) is 30.9 Å². The molecule has 0 spiro atoms. The van der Waals surface area contributed by atoms with E-state index in [1.807, 2.05) is 31.2 Å². The minimum absolute atomic E-state index is 0.0571. The Morgan fingerprint density at radius 3 is 2.36 bits per heavy atom. The highest BCUT2D eigenvalue weighted by Gasteiger charge is 2.38. The van der Waals surface area contributed by atoms with Gasteiger partial charge in [0.2, 0.25) is 15.8 Å². The molecule has 1 N–H and O–H groups in total. The Balaban J connectivity index is 1.61. The van der Waals surface area contributed by atoms with Gasteiger partial charge in [-0.25, -0.2) is 17.9 Å². The number of furan rings is 1. The first-order valence-electron chi connectivity index (χ1n) is 10.9. The number of Topliss-reactive ketones (excluding diaryl/α,β-unsaturated/α-hetero) is 1. The van der Waals surface area contributed by atoms with Crippen LogP contribution in [-0.4, -0.2) is 27.3 Å². The number of ether oxygens (including phenoxy) is 1. The summed E-state index contributed by atoms with van der Waals surface area (Å²) in [6, 6.07) is 17.0. The highest BCUT2D eigenvalue weighted by molar-refractivity contribution is 9.10. The Labute approximate surface area is 217 Å². The number of halogens is 1. The first-order valence-corrected chi connectivity index (χ1v) is 13.1. The third-order valence-corrected chi connectivity index (χ3v) is 7.55. The van der Waals surface area contributed by atoms with E-state index >= 15 is 0 Å². The molecule has 0 unspecified atom stereocenters. The number of carbonyl (C=O) groups is 2. The second kappa shape index (κ2) is 10.3. The van der Waals surface area contributed by atoms with Crippen LogP contribution in [0, 0.1) is 6.92 Å². The van der Waals surface area contributed by atoms with Crippen molar-refractivity contribution in [3.05, 3.63) is 99.2 Å². The lowest BCUT2D eigenvalue weighted by Gasteiger charge is -2.21. The van der Waals surface area contributed by atoms with E-state index < -0.39 is 21.8 Å². The van der Waals surface area contributed by atoms with E-state index in [2.05, 4.69) is 20.7 Å². The summed E-state index contributed by atoms with van der Waals surface area (Å²) in [5, 5.41) is 0. The lowest BCUT2D eigenvalue weighted by molar-refractivity contribution is -0.137. The molecule has 36 heavy (non-hydrogen) atoms. The van der Waals surface area contributed by atoms with Crippen LogP contribution in [0.5, 0.6) is 0 Å². The number of nitrogens with one attached hydrogen (secondary N) is 1. The number of sulfonamides is 1. The highest BCUT2D eigenvalue weighted by atomic mass is 79.9. The zero-order valence-electron chi connectivity index (χ0n) is 19.7. The molecule has 0 bridgehead atoms. The molecule has 1 aromatic heterocycles. The molecule has 186 valence electrons. The summed E-state index contributed by atoms with van der Waals surface area (Å²) in [6.45, 7) is 3.55. The van der Waals surface area contributed by atoms with Gasteiger partial charge < -0.3 is 14.1 Å². The number of ketones is 1. The average molecular weight is 571 g/mol. The Morgan fingerprint density at radius 1 is 1.06 bits per heavy atom. The monoisotopic (exact) mass is 570 g/mol. The summed E-state index contributed by atoms with van der Waals surface area (Å²) >= 11 is 3.28. The third-order valence-electron chi connectivity index (χ3n) is 5.60. The van der Waals surface area contributed by atoms with Gasteiger partial charge in [-0.3, -0.25) is 4.79 Å².